The molecular weight excluding hydrogens is 372 g/mol. The first kappa shape index (κ1) is 18.2. The Morgan fingerprint density at radius 1 is 0.933 bits per heavy atom. The lowest BCUT2D eigenvalue weighted by Gasteiger charge is -2.24. The summed E-state index contributed by atoms with van der Waals surface area (Å²) in [6, 6.07) is 26.8. The van der Waals surface area contributed by atoms with E-state index in [-0.39, 0.29) is 6.04 Å². The second-order valence-corrected chi connectivity index (χ2v) is 7.39. The fraction of sp³-hybridized carbons (Fsp3) is 0.120. The smallest absolute Gasteiger partial charge is 0.226 e. The second kappa shape index (κ2) is 7.87. The molecule has 1 unspecified atom stereocenters. The maximum atomic E-state index is 5.93. The number of allylic oxidation sites excluding steroid dienone is 1. The summed E-state index contributed by atoms with van der Waals surface area (Å²) in [6.07, 6.45) is 3.77. The van der Waals surface area contributed by atoms with Gasteiger partial charge in [-0.25, -0.2) is 4.68 Å². The Labute approximate surface area is 175 Å². The molecule has 0 saturated carbocycles. The van der Waals surface area contributed by atoms with Crippen molar-refractivity contribution in [3.63, 3.8) is 0 Å². The van der Waals surface area contributed by atoms with Gasteiger partial charge in [0.25, 0.3) is 0 Å². The third kappa shape index (κ3) is 3.70. The van der Waals surface area contributed by atoms with Crippen LogP contribution in [0.3, 0.4) is 0 Å². The Bertz CT molecular complexity index is 1160. The molecule has 1 aliphatic rings. The van der Waals surface area contributed by atoms with Crippen molar-refractivity contribution in [1.82, 2.24) is 14.8 Å². The normalized spacial score (nSPS) is 15.1. The highest BCUT2D eigenvalue weighted by atomic mass is 16.5. The molecule has 30 heavy (non-hydrogen) atoms. The van der Waals surface area contributed by atoms with E-state index < -0.39 is 0 Å². The zero-order chi connectivity index (χ0) is 20.3. The number of aromatic nitrogens is 3. The molecule has 1 atom stereocenters. The fourth-order valence-electron chi connectivity index (χ4n) is 3.57. The molecule has 2 heterocycles. The van der Waals surface area contributed by atoms with Crippen LogP contribution < -0.4 is 10.1 Å². The summed E-state index contributed by atoms with van der Waals surface area (Å²) in [5, 5.41) is 7.81. The highest BCUT2D eigenvalue weighted by Crippen LogP contribution is 2.32. The number of hydrogen-bond donors (Lipinski definition) is 1. The maximum absolute atomic E-state index is 5.93. The van der Waals surface area contributed by atoms with Crippen LogP contribution in [0.25, 0.3) is 5.70 Å². The molecule has 4 aromatic rings. The van der Waals surface area contributed by atoms with Gasteiger partial charge < -0.3 is 10.1 Å². The van der Waals surface area contributed by atoms with Crippen molar-refractivity contribution < 1.29 is 4.74 Å². The molecule has 0 fully saturated rings. The monoisotopic (exact) mass is 394 g/mol. The Morgan fingerprint density at radius 2 is 1.70 bits per heavy atom. The molecule has 3 aromatic carbocycles. The lowest BCUT2D eigenvalue weighted by molar-refractivity contribution is 0.306. The quantitative estimate of drug-likeness (QED) is 0.504. The number of rotatable bonds is 5. The average Bonchev–Trinajstić information content (AvgIpc) is 3.27. The first-order valence-corrected chi connectivity index (χ1v) is 9.98. The van der Waals surface area contributed by atoms with Crippen molar-refractivity contribution in [3.8, 4) is 5.75 Å². The van der Waals surface area contributed by atoms with E-state index in [1.54, 1.807) is 6.33 Å². The van der Waals surface area contributed by atoms with E-state index in [9.17, 15) is 0 Å². The Hall–Kier alpha value is -3.86. The predicted molar refractivity (Wildman–Crippen MR) is 118 cm³/mol. The topological polar surface area (TPSA) is 52.0 Å². The SMILES string of the molecule is Cc1ccc(C2=CC(c3ccc(OCc4ccccc4)cc3)n3ncnc3N2)cc1. The molecule has 148 valence electrons. The van der Waals surface area contributed by atoms with Crippen LogP contribution in [0.5, 0.6) is 5.75 Å². The van der Waals surface area contributed by atoms with Gasteiger partial charge in [0.05, 0.1) is 0 Å². The number of nitrogens with one attached hydrogen (secondary N) is 1. The summed E-state index contributed by atoms with van der Waals surface area (Å²) in [7, 11) is 0. The standard InChI is InChI=1S/C25H22N4O/c1-18-7-9-20(10-8-18)23-15-24(29-25(28-23)26-17-27-29)21-11-13-22(14-12-21)30-16-19-5-3-2-4-6-19/h2-15,17,24H,16H2,1H3,(H,26,27,28). The van der Waals surface area contributed by atoms with Crippen LogP contribution >= 0.6 is 0 Å². The first-order chi connectivity index (χ1) is 14.8. The highest BCUT2D eigenvalue weighted by molar-refractivity contribution is 5.77. The third-order valence-corrected chi connectivity index (χ3v) is 5.24. The van der Waals surface area contributed by atoms with Crippen LogP contribution in [0.4, 0.5) is 5.95 Å². The minimum Gasteiger partial charge on any atom is -0.489 e. The lowest BCUT2D eigenvalue weighted by atomic mass is 10.0. The molecule has 1 aliphatic heterocycles. The van der Waals surface area contributed by atoms with Gasteiger partial charge in [-0.1, -0.05) is 72.3 Å². The van der Waals surface area contributed by atoms with E-state index in [2.05, 4.69) is 76.9 Å². The zero-order valence-electron chi connectivity index (χ0n) is 16.7. The summed E-state index contributed by atoms with van der Waals surface area (Å²) in [5.74, 6) is 1.58. The van der Waals surface area contributed by atoms with Gasteiger partial charge in [0.2, 0.25) is 5.95 Å². The number of hydrogen-bond acceptors (Lipinski definition) is 4. The lowest BCUT2D eigenvalue weighted by Crippen LogP contribution is -2.20. The number of nitrogens with zero attached hydrogens (tertiary/aromatic N) is 3. The minimum atomic E-state index is -0.0387. The molecule has 1 N–H and O–H groups in total. The van der Waals surface area contributed by atoms with Crippen LogP contribution in [-0.2, 0) is 6.61 Å². The minimum absolute atomic E-state index is 0.0387. The highest BCUT2D eigenvalue weighted by Gasteiger charge is 2.23. The Morgan fingerprint density at radius 3 is 2.47 bits per heavy atom. The van der Waals surface area contributed by atoms with Gasteiger partial charge in [-0.2, -0.15) is 10.1 Å². The summed E-state index contributed by atoms with van der Waals surface area (Å²) in [6.45, 7) is 2.64. The van der Waals surface area contributed by atoms with Gasteiger partial charge in [0.15, 0.2) is 0 Å². The maximum Gasteiger partial charge on any atom is 0.226 e. The average molecular weight is 394 g/mol. The van der Waals surface area contributed by atoms with Crippen LogP contribution in [0.2, 0.25) is 0 Å². The van der Waals surface area contributed by atoms with Crippen LogP contribution in [0, 0.1) is 6.92 Å². The molecule has 0 amide bonds. The predicted octanol–water partition coefficient (Wildman–Crippen LogP) is 5.22. The van der Waals surface area contributed by atoms with Gasteiger partial charge in [-0.3, -0.25) is 0 Å². The molecule has 5 nitrogen and oxygen atoms in total. The second-order valence-electron chi connectivity index (χ2n) is 7.39. The molecule has 5 heteroatoms. The third-order valence-electron chi connectivity index (χ3n) is 5.24. The van der Waals surface area contributed by atoms with Crippen molar-refractivity contribution in [2.24, 2.45) is 0 Å². The summed E-state index contributed by atoms with van der Waals surface area (Å²) in [5.41, 5.74) is 5.67. The van der Waals surface area contributed by atoms with E-state index in [0.29, 0.717) is 6.61 Å². The summed E-state index contributed by atoms with van der Waals surface area (Å²) < 4.78 is 7.83. The first-order valence-electron chi connectivity index (χ1n) is 9.98. The van der Waals surface area contributed by atoms with Crippen LogP contribution in [0.1, 0.15) is 28.3 Å². The Balaban J connectivity index is 1.40. The van der Waals surface area contributed by atoms with Crippen molar-refractivity contribution in [1.29, 1.82) is 0 Å². The van der Waals surface area contributed by atoms with Crippen molar-refractivity contribution in [3.05, 3.63) is 114 Å². The van der Waals surface area contributed by atoms with Gasteiger partial charge in [0.1, 0.15) is 24.7 Å². The van der Waals surface area contributed by atoms with E-state index in [4.69, 9.17) is 4.74 Å². The van der Waals surface area contributed by atoms with Gasteiger partial charge in [0, 0.05) is 5.70 Å². The van der Waals surface area contributed by atoms with Crippen molar-refractivity contribution in [2.75, 3.05) is 5.32 Å². The molecular formula is C25H22N4O. The van der Waals surface area contributed by atoms with E-state index in [1.807, 2.05) is 35.0 Å². The summed E-state index contributed by atoms with van der Waals surface area (Å²) >= 11 is 0. The fourth-order valence-corrected chi connectivity index (χ4v) is 3.57. The molecule has 0 bridgehead atoms. The number of fused-ring (bicyclic) bond motifs is 1. The van der Waals surface area contributed by atoms with Gasteiger partial charge in [-0.15, -0.1) is 0 Å². The van der Waals surface area contributed by atoms with E-state index in [0.717, 1.165) is 34.1 Å². The molecule has 0 spiro atoms. The molecule has 1 aromatic heterocycles. The van der Waals surface area contributed by atoms with Crippen LogP contribution in [0.15, 0.2) is 91.3 Å². The number of anilines is 1. The van der Waals surface area contributed by atoms with E-state index in [1.165, 1.54) is 5.56 Å². The summed E-state index contributed by atoms with van der Waals surface area (Å²) in [4.78, 5) is 4.38. The number of benzene rings is 3. The molecule has 0 saturated heterocycles. The zero-order valence-corrected chi connectivity index (χ0v) is 16.7. The van der Waals surface area contributed by atoms with Crippen LogP contribution in [-0.4, -0.2) is 14.8 Å². The van der Waals surface area contributed by atoms with Gasteiger partial charge >= 0.3 is 0 Å². The van der Waals surface area contributed by atoms with Crippen molar-refractivity contribution >= 4 is 11.6 Å². The largest absolute Gasteiger partial charge is 0.489 e. The number of aryl methyl sites for hydroxylation is 1. The Kier molecular flexibility index (Phi) is 4.77. The molecule has 5 rings (SSSR count). The van der Waals surface area contributed by atoms with Crippen molar-refractivity contribution in [2.45, 2.75) is 19.6 Å². The number of ether oxygens (including phenoxy) is 1. The van der Waals surface area contributed by atoms with Gasteiger partial charge in [-0.05, 0) is 41.8 Å². The molecule has 0 radical (unpaired) electrons. The molecule has 0 aliphatic carbocycles. The van der Waals surface area contributed by atoms with E-state index >= 15 is 0 Å².